The molecule has 0 radical (unpaired) electrons. The summed E-state index contributed by atoms with van der Waals surface area (Å²) in [4.78, 5) is 13.0. The van der Waals surface area contributed by atoms with E-state index in [1.54, 1.807) is 18.6 Å². The van der Waals surface area contributed by atoms with Gasteiger partial charge in [-0.05, 0) is 19.2 Å². The minimum Gasteiger partial charge on any atom is -0.462 e. The van der Waals surface area contributed by atoms with Gasteiger partial charge in [0.05, 0.1) is 22.6 Å². The van der Waals surface area contributed by atoms with E-state index in [-0.39, 0.29) is 22.6 Å². The van der Waals surface area contributed by atoms with Crippen LogP contribution in [-0.2, 0) is 10.9 Å². The van der Waals surface area contributed by atoms with Gasteiger partial charge in [-0.15, -0.1) is 23.1 Å². The maximum atomic E-state index is 13.2. The Morgan fingerprint density at radius 1 is 1.32 bits per heavy atom. The lowest BCUT2D eigenvalue weighted by Gasteiger charge is -2.13. The topological polar surface area (TPSA) is 26.3 Å². The Balaban J connectivity index is 2.64. The molecule has 0 bridgehead atoms. The first-order valence-electron chi connectivity index (χ1n) is 6.39. The van der Waals surface area contributed by atoms with Crippen molar-refractivity contribution in [1.82, 2.24) is 0 Å². The normalized spacial score (nSPS) is 11.5. The van der Waals surface area contributed by atoms with Crippen LogP contribution in [0.4, 0.5) is 13.2 Å². The van der Waals surface area contributed by atoms with Gasteiger partial charge in [0.15, 0.2) is 0 Å². The van der Waals surface area contributed by atoms with Crippen molar-refractivity contribution in [2.75, 3.05) is 12.9 Å². The number of benzene rings is 1. The lowest BCUT2D eigenvalue weighted by atomic mass is 10.0. The highest BCUT2D eigenvalue weighted by molar-refractivity contribution is 7.98. The molecule has 0 fully saturated rings. The number of hydrogen-bond donors (Lipinski definition) is 0. The number of carbonyl (C=O) groups excluding carboxylic acids is 1. The van der Waals surface area contributed by atoms with Gasteiger partial charge in [-0.2, -0.15) is 13.2 Å². The summed E-state index contributed by atoms with van der Waals surface area (Å²) in [7, 11) is 0. The second kappa shape index (κ2) is 6.75. The average Bonchev–Trinajstić information content (AvgIpc) is 2.90. The number of halogens is 3. The fourth-order valence-corrected chi connectivity index (χ4v) is 3.96. The van der Waals surface area contributed by atoms with Gasteiger partial charge in [-0.3, -0.25) is 0 Å². The van der Waals surface area contributed by atoms with Crippen LogP contribution in [0.15, 0.2) is 34.5 Å². The molecule has 2 aromatic rings. The maximum Gasteiger partial charge on any atom is 0.417 e. The van der Waals surface area contributed by atoms with Gasteiger partial charge in [0.2, 0.25) is 0 Å². The van der Waals surface area contributed by atoms with Crippen LogP contribution in [0.2, 0.25) is 0 Å². The van der Waals surface area contributed by atoms with E-state index in [9.17, 15) is 18.0 Å². The fraction of sp³-hybridized carbons (Fsp3) is 0.267. The number of thioether (sulfide) groups is 1. The Kier molecular flexibility index (Phi) is 5.18. The molecule has 0 aliphatic rings. The van der Waals surface area contributed by atoms with Crippen LogP contribution in [0.5, 0.6) is 0 Å². The van der Waals surface area contributed by atoms with Crippen LogP contribution in [0.1, 0.15) is 22.8 Å². The Morgan fingerprint density at radius 2 is 2.00 bits per heavy atom. The number of thiophene rings is 1. The van der Waals surface area contributed by atoms with Gasteiger partial charge in [0.25, 0.3) is 0 Å². The largest absolute Gasteiger partial charge is 0.462 e. The molecule has 0 N–H and O–H groups in total. The number of esters is 1. The highest BCUT2D eigenvalue weighted by atomic mass is 32.2. The molecule has 1 aromatic heterocycles. The molecule has 2 rings (SSSR count). The smallest absolute Gasteiger partial charge is 0.417 e. The zero-order valence-electron chi connectivity index (χ0n) is 11.9. The summed E-state index contributed by atoms with van der Waals surface area (Å²) >= 11 is 2.42. The third kappa shape index (κ3) is 3.30. The van der Waals surface area contributed by atoms with Crippen LogP contribution in [0, 0.1) is 0 Å². The minimum absolute atomic E-state index is 0.00310. The summed E-state index contributed by atoms with van der Waals surface area (Å²) < 4.78 is 44.6. The average molecular weight is 346 g/mol. The van der Waals surface area contributed by atoms with Crippen molar-refractivity contribution in [1.29, 1.82) is 0 Å². The fourth-order valence-electron chi connectivity index (χ4n) is 2.02. The maximum absolute atomic E-state index is 13.2. The van der Waals surface area contributed by atoms with Gasteiger partial charge >= 0.3 is 12.1 Å². The van der Waals surface area contributed by atoms with Crippen LogP contribution >= 0.6 is 23.1 Å². The van der Waals surface area contributed by atoms with Crippen molar-refractivity contribution < 1.29 is 22.7 Å². The van der Waals surface area contributed by atoms with Gasteiger partial charge in [-0.1, -0.05) is 18.2 Å². The van der Waals surface area contributed by atoms with Crippen molar-refractivity contribution in [2.45, 2.75) is 18.0 Å². The predicted molar refractivity (Wildman–Crippen MR) is 82.5 cm³/mol. The summed E-state index contributed by atoms with van der Waals surface area (Å²) in [5, 5.41) is 1.68. The second-order valence-electron chi connectivity index (χ2n) is 4.27. The summed E-state index contributed by atoms with van der Waals surface area (Å²) in [5.74, 6) is -0.597. The molecule has 0 atom stereocenters. The van der Waals surface area contributed by atoms with Crippen molar-refractivity contribution >= 4 is 29.1 Å². The number of hydrogen-bond acceptors (Lipinski definition) is 4. The molecule has 0 amide bonds. The predicted octanol–water partition coefficient (Wildman–Crippen LogP) is 5.33. The molecule has 118 valence electrons. The SMILES string of the molecule is CCOC(=O)c1c(SC)csc1-c1ccccc1C(F)(F)F. The molecule has 2 nitrogen and oxygen atoms in total. The first kappa shape index (κ1) is 16.9. The Morgan fingerprint density at radius 3 is 2.59 bits per heavy atom. The van der Waals surface area contributed by atoms with E-state index in [1.807, 2.05) is 0 Å². The Labute approximate surface area is 134 Å². The van der Waals surface area contributed by atoms with Crippen LogP contribution in [-0.4, -0.2) is 18.8 Å². The molecule has 1 heterocycles. The van der Waals surface area contributed by atoms with Crippen LogP contribution in [0.3, 0.4) is 0 Å². The zero-order valence-corrected chi connectivity index (χ0v) is 13.5. The summed E-state index contributed by atoms with van der Waals surface area (Å²) in [6.07, 6.45) is -2.71. The van der Waals surface area contributed by atoms with Gasteiger partial charge in [0.1, 0.15) is 0 Å². The minimum atomic E-state index is -4.48. The molecular formula is C15H13F3O2S2. The van der Waals surface area contributed by atoms with E-state index < -0.39 is 17.7 Å². The number of ether oxygens (including phenoxy) is 1. The van der Waals surface area contributed by atoms with Crippen LogP contribution < -0.4 is 0 Å². The van der Waals surface area contributed by atoms with E-state index in [2.05, 4.69) is 0 Å². The summed E-state index contributed by atoms with van der Waals surface area (Å²) in [6.45, 7) is 1.83. The number of carbonyl (C=O) groups is 1. The summed E-state index contributed by atoms with van der Waals surface area (Å²) in [6, 6.07) is 5.25. The highest BCUT2D eigenvalue weighted by Crippen LogP contribution is 2.43. The molecule has 0 spiro atoms. The van der Waals surface area contributed by atoms with Crippen LogP contribution in [0.25, 0.3) is 10.4 Å². The first-order chi connectivity index (χ1) is 10.4. The second-order valence-corrected chi connectivity index (χ2v) is 6.00. The Bertz CT molecular complexity index is 678. The first-order valence-corrected chi connectivity index (χ1v) is 8.49. The molecule has 7 heteroatoms. The van der Waals surface area contributed by atoms with E-state index in [0.29, 0.717) is 4.90 Å². The molecule has 0 saturated heterocycles. The van der Waals surface area contributed by atoms with Crippen molar-refractivity contribution in [3.63, 3.8) is 0 Å². The third-order valence-corrected chi connectivity index (χ3v) is 4.86. The van der Waals surface area contributed by atoms with E-state index in [4.69, 9.17) is 4.74 Å². The highest BCUT2D eigenvalue weighted by Gasteiger charge is 2.35. The van der Waals surface area contributed by atoms with E-state index in [1.165, 1.54) is 30.0 Å². The zero-order chi connectivity index (χ0) is 16.3. The van der Waals surface area contributed by atoms with E-state index >= 15 is 0 Å². The lowest BCUT2D eigenvalue weighted by molar-refractivity contribution is -0.137. The lowest BCUT2D eigenvalue weighted by Crippen LogP contribution is -2.09. The van der Waals surface area contributed by atoms with Gasteiger partial charge in [-0.25, -0.2) is 4.79 Å². The van der Waals surface area contributed by atoms with Crippen molar-refractivity contribution in [2.24, 2.45) is 0 Å². The molecular weight excluding hydrogens is 333 g/mol. The monoisotopic (exact) mass is 346 g/mol. The molecule has 0 aliphatic heterocycles. The molecule has 0 unspecified atom stereocenters. The Hall–Kier alpha value is -1.47. The number of alkyl halides is 3. The van der Waals surface area contributed by atoms with Gasteiger partial charge < -0.3 is 4.74 Å². The van der Waals surface area contributed by atoms with Gasteiger partial charge in [0, 0.05) is 15.8 Å². The standard InChI is InChI=1S/C15H13F3O2S2/c1-3-20-14(19)12-11(21-2)8-22-13(12)9-6-4-5-7-10(9)15(16,17)18/h4-8H,3H2,1-2H3. The molecule has 0 aliphatic carbocycles. The molecule has 22 heavy (non-hydrogen) atoms. The van der Waals surface area contributed by atoms with Crippen molar-refractivity contribution in [3.05, 3.63) is 40.8 Å². The summed E-state index contributed by atoms with van der Waals surface area (Å²) in [5.41, 5.74) is -0.547. The third-order valence-electron chi connectivity index (χ3n) is 2.93. The number of rotatable bonds is 4. The van der Waals surface area contributed by atoms with E-state index in [0.717, 1.165) is 17.4 Å². The van der Waals surface area contributed by atoms with Crippen molar-refractivity contribution in [3.8, 4) is 10.4 Å². The molecule has 1 aromatic carbocycles. The quantitative estimate of drug-likeness (QED) is 0.553. The molecule has 0 saturated carbocycles.